The first-order valence-corrected chi connectivity index (χ1v) is 9.05. The molecular weight excluding hydrogens is 300 g/mol. The number of aryl methyl sites for hydroxylation is 1. The van der Waals surface area contributed by atoms with Gasteiger partial charge in [-0.05, 0) is 54.2 Å². The van der Waals surface area contributed by atoms with Crippen LogP contribution in [0.25, 0.3) is 0 Å². The Hall–Kier alpha value is -2.10. The van der Waals surface area contributed by atoms with Crippen molar-refractivity contribution in [1.29, 1.82) is 0 Å². The minimum atomic E-state index is -0.0967. The van der Waals surface area contributed by atoms with Gasteiger partial charge >= 0.3 is 0 Å². The van der Waals surface area contributed by atoms with E-state index in [0.717, 1.165) is 12.1 Å². The lowest BCUT2D eigenvalue weighted by Crippen LogP contribution is -2.40. The van der Waals surface area contributed by atoms with E-state index in [0.29, 0.717) is 23.7 Å². The molecule has 2 saturated carbocycles. The standard InChI is InChI=1S/C20H22N2O2/c1-2-11-3-5-12(6-4-11)21-10-22-19(23)17-13-7-8-14(16-9-15(13)16)18(17)20(22)24/h3-8,13-18,21H,2,9-10H2,1H3/t13-,14+,15-,16-,17+,18+/m1/s1. The van der Waals surface area contributed by atoms with Crippen LogP contribution in [-0.4, -0.2) is 23.4 Å². The Bertz CT molecular complexity index is 703. The number of nitrogens with zero attached hydrogens (tertiary/aromatic N) is 1. The van der Waals surface area contributed by atoms with Crippen LogP contribution in [-0.2, 0) is 16.0 Å². The van der Waals surface area contributed by atoms with Crippen LogP contribution in [0.2, 0.25) is 0 Å². The normalized spacial score (nSPS) is 38.3. The van der Waals surface area contributed by atoms with E-state index in [4.69, 9.17) is 0 Å². The van der Waals surface area contributed by atoms with Crippen LogP contribution in [0.1, 0.15) is 18.9 Å². The molecule has 0 spiro atoms. The molecule has 1 saturated heterocycles. The molecule has 2 amide bonds. The second kappa shape index (κ2) is 4.95. The minimum Gasteiger partial charge on any atom is -0.367 e. The van der Waals surface area contributed by atoms with Gasteiger partial charge in [0.1, 0.15) is 0 Å². The van der Waals surface area contributed by atoms with E-state index >= 15 is 0 Å². The summed E-state index contributed by atoms with van der Waals surface area (Å²) in [6.07, 6.45) is 6.64. The van der Waals surface area contributed by atoms with E-state index in [-0.39, 0.29) is 30.3 Å². The lowest BCUT2D eigenvalue weighted by Gasteiger charge is -2.37. The maximum Gasteiger partial charge on any atom is 0.235 e. The number of rotatable bonds is 4. The summed E-state index contributed by atoms with van der Waals surface area (Å²) in [5.74, 6) is 1.80. The zero-order valence-corrected chi connectivity index (χ0v) is 13.8. The number of carbonyl (C=O) groups is 2. The average Bonchev–Trinajstić information content (AvgIpc) is 3.39. The third-order valence-electron chi connectivity index (χ3n) is 6.56. The number of nitrogens with one attached hydrogen (secondary N) is 1. The maximum absolute atomic E-state index is 12.9. The van der Waals surface area contributed by atoms with Crippen molar-refractivity contribution < 1.29 is 9.59 Å². The maximum atomic E-state index is 12.9. The van der Waals surface area contributed by atoms with Gasteiger partial charge < -0.3 is 5.32 Å². The van der Waals surface area contributed by atoms with Crippen LogP contribution < -0.4 is 5.32 Å². The van der Waals surface area contributed by atoms with Crippen molar-refractivity contribution in [2.45, 2.75) is 19.8 Å². The Kier molecular flexibility index (Phi) is 2.94. The van der Waals surface area contributed by atoms with Gasteiger partial charge in [0.05, 0.1) is 18.5 Å². The van der Waals surface area contributed by atoms with Crippen LogP contribution >= 0.6 is 0 Å². The summed E-state index contributed by atoms with van der Waals surface area (Å²) < 4.78 is 0. The molecule has 0 radical (unpaired) electrons. The molecule has 1 N–H and O–H groups in total. The van der Waals surface area contributed by atoms with E-state index in [1.807, 2.05) is 12.1 Å². The zero-order chi connectivity index (χ0) is 16.4. The Morgan fingerprint density at radius 3 is 2.12 bits per heavy atom. The average molecular weight is 322 g/mol. The van der Waals surface area contributed by atoms with Crippen molar-refractivity contribution in [3.05, 3.63) is 42.0 Å². The number of hydrogen-bond donors (Lipinski definition) is 1. The van der Waals surface area contributed by atoms with Gasteiger partial charge in [0.2, 0.25) is 11.8 Å². The second-order valence-electron chi connectivity index (χ2n) is 7.64. The summed E-state index contributed by atoms with van der Waals surface area (Å²) in [5, 5.41) is 3.24. The molecular formula is C20H22N2O2. The molecule has 1 aliphatic heterocycles. The Labute approximate surface area is 141 Å². The van der Waals surface area contributed by atoms with Gasteiger partial charge in [-0.25, -0.2) is 0 Å². The molecule has 4 aliphatic carbocycles. The monoisotopic (exact) mass is 322 g/mol. The van der Waals surface area contributed by atoms with Gasteiger partial charge in [-0.1, -0.05) is 31.2 Å². The van der Waals surface area contributed by atoms with Crippen molar-refractivity contribution in [2.75, 3.05) is 12.0 Å². The zero-order valence-electron chi connectivity index (χ0n) is 13.8. The van der Waals surface area contributed by atoms with Crippen LogP contribution in [0.3, 0.4) is 0 Å². The Morgan fingerprint density at radius 1 is 1.00 bits per heavy atom. The van der Waals surface area contributed by atoms with E-state index in [1.165, 1.54) is 16.9 Å². The topological polar surface area (TPSA) is 49.4 Å². The van der Waals surface area contributed by atoms with Gasteiger partial charge in [-0.15, -0.1) is 0 Å². The molecule has 2 bridgehead atoms. The van der Waals surface area contributed by atoms with Crippen LogP contribution in [0, 0.1) is 35.5 Å². The van der Waals surface area contributed by atoms with Crippen molar-refractivity contribution in [3.8, 4) is 0 Å². The summed E-state index contributed by atoms with van der Waals surface area (Å²) in [6.45, 7) is 2.41. The van der Waals surface area contributed by atoms with E-state index in [2.05, 4.69) is 36.5 Å². The number of carbonyl (C=O) groups excluding carboxylic acids is 2. The fourth-order valence-electron chi connectivity index (χ4n) is 5.20. The molecule has 1 heterocycles. The van der Waals surface area contributed by atoms with Gasteiger partial charge in [0.25, 0.3) is 0 Å². The lowest BCUT2D eigenvalue weighted by atomic mass is 9.63. The number of allylic oxidation sites excluding steroid dienone is 2. The van der Waals surface area contributed by atoms with E-state index < -0.39 is 0 Å². The molecule has 6 rings (SSSR count). The molecule has 0 unspecified atom stereocenters. The molecule has 4 nitrogen and oxygen atoms in total. The van der Waals surface area contributed by atoms with Crippen molar-refractivity contribution in [1.82, 2.24) is 4.90 Å². The highest BCUT2D eigenvalue weighted by atomic mass is 16.2. The van der Waals surface area contributed by atoms with Gasteiger partial charge in [-0.3, -0.25) is 14.5 Å². The van der Waals surface area contributed by atoms with E-state index in [1.54, 1.807) is 0 Å². The fourth-order valence-corrected chi connectivity index (χ4v) is 5.20. The van der Waals surface area contributed by atoms with Crippen LogP contribution in [0.4, 0.5) is 5.69 Å². The second-order valence-corrected chi connectivity index (χ2v) is 7.64. The highest BCUT2D eigenvalue weighted by Gasteiger charge is 2.66. The van der Waals surface area contributed by atoms with Crippen LogP contribution in [0.5, 0.6) is 0 Å². The molecule has 24 heavy (non-hydrogen) atoms. The lowest BCUT2D eigenvalue weighted by molar-refractivity contribution is -0.139. The van der Waals surface area contributed by atoms with Gasteiger partial charge in [0.15, 0.2) is 0 Å². The molecule has 1 aromatic rings. The minimum absolute atomic E-state index is 0.0346. The fraction of sp³-hybridized carbons (Fsp3) is 0.500. The first-order chi connectivity index (χ1) is 11.7. The SMILES string of the molecule is CCc1ccc(NCN2C(=O)[C@H]3[C@@H]4C=C[C@@H]([C@H]5C[C@H]45)[C@@H]3C2=O)cc1. The number of likely N-dealkylation sites (tertiary alicyclic amines) is 1. The molecule has 0 aromatic heterocycles. The van der Waals surface area contributed by atoms with Crippen molar-refractivity contribution in [3.63, 3.8) is 0 Å². The first-order valence-electron chi connectivity index (χ1n) is 9.05. The quantitative estimate of drug-likeness (QED) is 0.685. The molecule has 1 aromatic carbocycles. The number of imide groups is 1. The molecule has 6 atom stereocenters. The number of anilines is 1. The molecule has 4 heteroatoms. The van der Waals surface area contributed by atoms with Crippen LogP contribution in [0.15, 0.2) is 36.4 Å². The molecule has 5 aliphatic rings. The summed E-state index contributed by atoms with van der Waals surface area (Å²) in [5.41, 5.74) is 2.23. The number of amides is 2. The highest BCUT2D eigenvalue weighted by Crippen LogP contribution is 2.65. The number of hydrogen-bond acceptors (Lipinski definition) is 3. The Morgan fingerprint density at radius 2 is 1.58 bits per heavy atom. The predicted octanol–water partition coefficient (Wildman–Crippen LogP) is 2.67. The first kappa shape index (κ1) is 14.3. The molecule has 124 valence electrons. The summed E-state index contributed by atoms with van der Waals surface area (Å²) in [7, 11) is 0. The van der Waals surface area contributed by atoms with Gasteiger partial charge in [-0.2, -0.15) is 0 Å². The Balaban J connectivity index is 1.33. The third-order valence-corrected chi connectivity index (χ3v) is 6.56. The van der Waals surface area contributed by atoms with Crippen molar-refractivity contribution in [2.24, 2.45) is 35.5 Å². The summed E-state index contributed by atoms with van der Waals surface area (Å²) in [4.78, 5) is 27.2. The summed E-state index contributed by atoms with van der Waals surface area (Å²) in [6, 6.07) is 8.18. The third kappa shape index (κ3) is 1.86. The summed E-state index contributed by atoms with van der Waals surface area (Å²) >= 11 is 0. The molecule has 3 fully saturated rings. The van der Waals surface area contributed by atoms with Gasteiger partial charge in [0, 0.05) is 5.69 Å². The largest absolute Gasteiger partial charge is 0.367 e. The smallest absolute Gasteiger partial charge is 0.235 e. The highest BCUT2D eigenvalue weighted by molar-refractivity contribution is 6.06. The van der Waals surface area contributed by atoms with Crippen molar-refractivity contribution >= 4 is 17.5 Å². The number of benzene rings is 1. The van der Waals surface area contributed by atoms with E-state index in [9.17, 15) is 9.59 Å². The predicted molar refractivity (Wildman–Crippen MR) is 90.9 cm³/mol.